The summed E-state index contributed by atoms with van der Waals surface area (Å²) in [7, 11) is 5.98. The second-order valence-electron chi connectivity index (χ2n) is 3.80. The van der Waals surface area contributed by atoms with Gasteiger partial charge in [0.25, 0.3) is 0 Å². The minimum atomic E-state index is 0.795. The highest BCUT2D eigenvalue weighted by molar-refractivity contribution is 6.34. The Labute approximate surface area is 95.7 Å². The molecule has 0 aliphatic carbocycles. The Morgan fingerprint density at radius 1 is 0.812 bits per heavy atom. The highest BCUT2D eigenvalue weighted by atomic mass is 15.0. The summed E-state index contributed by atoms with van der Waals surface area (Å²) in [6.45, 7) is 0. The molecular formula is C14H10BN. The Bertz CT molecular complexity index is 640. The summed E-state index contributed by atoms with van der Waals surface area (Å²) in [6, 6.07) is 18.3. The Morgan fingerprint density at radius 2 is 1.56 bits per heavy atom. The van der Waals surface area contributed by atoms with E-state index in [-0.39, 0.29) is 0 Å². The maximum Gasteiger partial charge on any atom is 0.116 e. The average molecular weight is 203 g/mol. The quantitative estimate of drug-likeness (QED) is 0.535. The zero-order valence-electron chi connectivity index (χ0n) is 8.80. The molecule has 2 aromatic carbocycles. The number of para-hydroxylation sites is 2. The van der Waals surface area contributed by atoms with Crippen LogP contribution in [0.25, 0.3) is 16.6 Å². The number of hydrogen-bond donors (Lipinski definition) is 0. The Balaban J connectivity index is 2.31. The maximum absolute atomic E-state index is 5.98. The van der Waals surface area contributed by atoms with Gasteiger partial charge in [0.1, 0.15) is 7.85 Å². The molecule has 0 N–H and O–H groups in total. The van der Waals surface area contributed by atoms with Crippen molar-refractivity contribution in [1.29, 1.82) is 0 Å². The lowest BCUT2D eigenvalue weighted by Crippen LogP contribution is -2.10. The molecule has 0 aliphatic heterocycles. The molecule has 0 bridgehead atoms. The van der Waals surface area contributed by atoms with Crippen LogP contribution in [0.4, 0.5) is 0 Å². The zero-order valence-corrected chi connectivity index (χ0v) is 8.80. The van der Waals surface area contributed by atoms with Gasteiger partial charge in [0.2, 0.25) is 0 Å². The number of nitrogens with zero attached hydrogens (tertiary/aromatic N) is 1. The third kappa shape index (κ3) is 1.35. The summed E-state index contributed by atoms with van der Waals surface area (Å²) in [4.78, 5) is 0. The van der Waals surface area contributed by atoms with Crippen molar-refractivity contribution in [3.05, 3.63) is 60.8 Å². The molecule has 2 heteroatoms. The number of hydrogen-bond acceptors (Lipinski definition) is 0. The third-order valence-electron chi connectivity index (χ3n) is 2.80. The van der Waals surface area contributed by atoms with Gasteiger partial charge in [-0.05, 0) is 23.6 Å². The molecular weight excluding hydrogens is 193 g/mol. The highest BCUT2D eigenvalue weighted by Gasteiger charge is 2.03. The van der Waals surface area contributed by atoms with Gasteiger partial charge in [-0.3, -0.25) is 0 Å². The van der Waals surface area contributed by atoms with Gasteiger partial charge in [0.15, 0.2) is 0 Å². The van der Waals surface area contributed by atoms with Gasteiger partial charge < -0.3 is 4.57 Å². The van der Waals surface area contributed by atoms with Crippen LogP contribution in [-0.2, 0) is 0 Å². The van der Waals surface area contributed by atoms with Crippen molar-refractivity contribution in [3.63, 3.8) is 0 Å². The summed E-state index contributed by atoms with van der Waals surface area (Å²) >= 11 is 0. The molecule has 3 aromatic rings. The van der Waals surface area contributed by atoms with Crippen LogP contribution in [0.1, 0.15) is 0 Å². The molecule has 16 heavy (non-hydrogen) atoms. The predicted octanol–water partition coefficient (Wildman–Crippen LogP) is 2.42. The van der Waals surface area contributed by atoms with Crippen LogP contribution < -0.4 is 5.46 Å². The van der Waals surface area contributed by atoms with Crippen LogP contribution in [0.3, 0.4) is 0 Å². The van der Waals surface area contributed by atoms with E-state index in [1.807, 2.05) is 36.4 Å². The first-order valence-corrected chi connectivity index (χ1v) is 5.27. The van der Waals surface area contributed by atoms with E-state index in [4.69, 9.17) is 7.85 Å². The fourth-order valence-corrected chi connectivity index (χ4v) is 2.00. The number of rotatable bonds is 1. The lowest BCUT2D eigenvalue weighted by atomic mass is 9.94. The van der Waals surface area contributed by atoms with Gasteiger partial charge >= 0.3 is 0 Å². The molecule has 2 radical (unpaired) electrons. The van der Waals surface area contributed by atoms with Gasteiger partial charge in [-0.25, -0.2) is 0 Å². The van der Waals surface area contributed by atoms with Gasteiger partial charge in [-0.15, -0.1) is 0 Å². The van der Waals surface area contributed by atoms with Crippen LogP contribution in [0.2, 0.25) is 0 Å². The summed E-state index contributed by atoms with van der Waals surface area (Å²) in [5, 5.41) is 1.23. The topological polar surface area (TPSA) is 4.93 Å². The van der Waals surface area contributed by atoms with E-state index >= 15 is 0 Å². The summed E-state index contributed by atoms with van der Waals surface area (Å²) in [5.74, 6) is 0. The van der Waals surface area contributed by atoms with Crippen molar-refractivity contribution in [1.82, 2.24) is 4.57 Å². The van der Waals surface area contributed by atoms with Gasteiger partial charge in [0, 0.05) is 11.9 Å². The van der Waals surface area contributed by atoms with E-state index in [0.717, 1.165) is 11.2 Å². The normalized spacial score (nSPS) is 10.8. The summed E-state index contributed by atoms with van der Waals surface area (Å²) in [5.41, 5.74) is 3.01. The monoisotopic (exact) mass is 203 g/mol. The first kappa shape index (κ1) is 9.28. The zero-order chi connectivity index (χ0) is 11.0. The largest absolute Gasteiger partial charge is 0.317 e. The molecule has 0 saturated heterocycles. The molecule has 0 unspecified atom stereocenters. The first-order valence-electron chi connectivity index (χ1n) is 5.27. The van der Waals surface area contributed by atoms with E-state index < -0.39 is 0 Å². The van der Waals surface area contributed by atoms with Gasteiger partial charge in [0.05, 0.1) is 5.52 Å². The predicted molar refractivity (Wildman–Crippen MR) is 68.7 cm³/mol. The minimum absolute atomic E-state index is 0.795. The standard InChI is InChI=1S/C14H10BN/c15-12-6-2-4-8-14(12)16-10-9-11-5-1-3-7-13(11)16/h1-10H. The van der Waals surface area contributed by atoms with E-state index in [0.29, 0.717) is 0 Å². The first-order chi connectivity index (χ1) is 7.86. The van der Waals surface area contributed by atoms with Crippen molar-refractivity contribution < 1.29 is 0 Å². The third-order valence-corrected chi connectivity index (χ3v) is 2.80. The van der Waals surface area contributed by atoms with Crippen molar-refractivity contribution in [2.45, 2.75) is 0 Å². The fourth-order valence-electron chi connectivity index (χ4n) is 2.00. The second-order valence-corrected chi connectivity index (χ2v) is 3.80. The molecule has 0 spiro atoms. The number of fused-ring (bicyclic) bond motifs is 1. The molecule has 0 atom stereocenters. The van der Waals surface area contributed by atoms with E-state index in [1.165, 1.54) is 10.9 Å². The number of benzene rings is 2. The Hall–Kier alpha value is -1.96. The molecule has 1 aromatic heterocycles. The van der Waals surface area contributed by atoms with Crippen LogP contribution in [-0.4, -0.2) is 12.4 Å². The fraction of sp³-hybridized carbons (Fsp3) is 0. The average Bonchev–Trinajstić information content (AvgIpc) is 2.74. The molecule has 1 heterocycles. The summed E-state index contributed by atoms with van der Waals surface area (Å²) < 4.78 is 2.12. The van der Waals surface area contributed by atoms with Crippen LogP contribution in [0.5, 0.6) is 0 Å². The minimum Gasteiger partial charge on any atom is -0.317 e. The SMILES string of the molecule is [B]c1ccccc1-n1ccc2ccccc21. The van der Waals surface area contributed by atoms with Crippen LogP contribution in [0, 0.1) is 0 Å². The van der Waals surface area contributed by atoms with Crippen molar-refractivity contribution >= 4 is 24.2 Å². The molecule has 0 aliphatic rings. The molecule has 0 saturated carbocycles. The molecule has 74 valence electrons. The molecule has 0 fully saturated rings. The molecule has 0 amide bonds. The van der Waals surface area contributed by atoms with Crippen molar-refractivity contribution in [2.75, 3.05) is 0 Å². The number of aromatic nitrogens is 1. The Kier molecular flexibility index (Phi) is 2.07. The van der Waals surface area contributed by atoms with E-state index in [9.17, 15) is 0 Å². The highest BCUT2D eigenvalue weighted by Crippen LogP contribution is 2.18. The Morgan fingerprint density at radius 3 is 2.44 bits per heavy atom. The van der Waals surface area contributed by atoms with Crippen LogP contribution in [0.15, 0.2) is 60.8 Å². The summed E-state index contributed by atoms with van der Waals surface area (Å²) in [6.07, 6.45) is 2.05. The lowest BCUT2D eigenvalue weighted by Gasteiger charge is -2.08. The van der Waals surface area contributed by atoms with E-state index in [2.05, 4.69) is 29.0 Å². The van der Waals surface area contributed by atoms with E-state index in [1.54, 1.807) is 0 Å². The maximum atomic E-state index is 5.98. The van der Waals surface area contributed by atoms with Crippen molar-refractivity contribution in [3.8, 4) is 5.69 Å². The lowest BCUT2D eigenvalue weighted by molar-refractivity contribution is 1.14. The van der Waals surface area contributed by atoms with Crippen LogP contribution >= 0.6 is 0 Å². The second kappa shape index (κ2) is 3.56. The van der Waals surface area contributed by atoms with Crippen molar-refractivity contribution in [2.24, 2.45) is 0 Å². The smallest absolute Gasteiger partial charge is 0.116 e. The molecule has 1 nitrogen and oxygen atoms in total. The van der Waals surface area contributed by atoms with Gasteiger partial charge in [-0.1, -0.05) is 41.9 Å². The van der Waals surface area contributed by atoms with Gasteiger partial charge in [-0.2, -0.15) is 0 Å². The molecule has 3 rings (SSSR count).